The fourth-order valence-corrected chi connectivity index (χ4v) is 3.08. The zero-order valence-electron chi connectivity index (χ0n) is 16.1. The van der Waals surface area contributed by atoms with Crippen molar-refractivity contribution in [3.05, 3.63) is 76.0 Å². The van der Waals surface area contributed by atoms with Gasteiger partial charge in [0, 0.05) is 30.3 Å². The molecule has 0 unspecified atom stereocenters. The molecule has 3 rings (SSSR count). The topological polar surface area (TPSA) is 105 Å². The molecule has 2 atom stereocenters. The number of carboxylic acids is 2. The summed E-state index contributed by atoms with van der Waals surface area (Å²) in [5.41, 5.74) is 0.881. The minimum atomic E-state index is -1.26. The highest BCUT2D eigenvalue weighted by Crippen LogP contribution is 2.33. The van der Waals surface area contributed by atoms with E-state index in [4.69, 9.17) is 42.9 Å². The Balaban J connectivity index is 0.000000366. The Hall–Kier alpha value is -2.65. The number of hydrogen-bond acceptors (Lipinski definition) is 5. The molecule has 3 N–H and O–H groups in total. The summed E-state index contributed by atoms with van der Waals surface area (Å²) in [6.45, 7) is 2.05. The number of carboxylic acid groups (broad SMARTS) is 2. The third-order valence-electron chi connectivity index (χ3n) is 3.99. The third-order valence-corrected chi connectivity index (χ3v) is 4.52. The van der Waals surface area contributed by atoms with Crippen LogP contribution in [0, 0.1) is 5.82 Å². The van der Waals surface area contributed by atoms with E-state index in [2.05, 4.69) is 5.32 Å². The highest BCUT2D eigenvalue weighted by Gasteiger charge is 2.28. The van der Waals surface area contributed by atoms with E-state index in [-0.39, 0.29) is 11.1 Å². The van der Waals surface area contributed by atoms with E-state index in [1.165, 1.54) is 18.2 Å². The van der Waals surface area contributed by atoms with Gasteiger partial charge in [-0.15, -0.1) is 0 Å². The second-order valence-electron chi connectivity index (χ2n) is 6.29. The second-order valence-corrected chi connectivity index (χ2v) is 7.14. The number of aliphatic carboxylic acids is 2. The van der Waals surface area contributed by atoms with E-state index in [0.29, 0.717) is 36.1 Å². The lowest BCUT2D eigenvalue weighted by Gasteiger charge is -2.32. The second kappa shape index (κ2) is 12.3. The molecule has 0 radical (unpaired) electrons. The molecular formula is C21H20Cl2FNO6. The molecule has 31 heavy (non-hydrogen) atoms. The van der Waals surface area contributed by atoms with Crippen LogP contribution in [0.3, 0.4) is 0 Å². The summed E-state index contributed by atoms with van der Waals surface area (Å²) < 4.78 is 25.1. The first-order valence-electron chi connectivity index (χ1n) is 9.09. The molecule has 1 heterocycles. The molecule has 0 bridgehead atoms. The number of halogens is 3. The Morgan fingerprint density at radius 2 is 1.87 bits per heavy atom. The summed E-state index contributed by atoms with van der Waals surface area (Å²) in [7, 11) is 0. The molecule has 1 fully saturated rings. The maximum Gasteiger partial charge on any atom is 0.328 e. The van der Waals surface area contributed by atoms with Crippen LogP contribution >= 0.6 is 23.2 Å². The molecule has 2 aromatic carbocycles. The van der Waals surface area contributed by atoms with E-state index in [1.807, 2.05) is 18.2 Å². The van der Waals surface area contributed by atoms with Gasteiger partial charge in [-0.05, 0) is 35.9 Å². The van der Waals surface area contributed by atoms with Crippen LogP contribution in [0.5, 0.6) is 5.75 Å². The van der Waals surface area contributed by atoms with E-state index >= 15 is 0 Å². The SMILES string of the molecule is Fc1ccc(O[C@@H](c2cccc(Cl)c2)[C@@H]2CNCCO2)c(Cl)c1.O=C(O)/C=C/C(=O)O. The fraction of sp³-hybridized carbons (Fsp3) is 0.238. The van der Waals surface area contributed by atoms with Crippen molar-refractivity contribution in [2.45, 2.75) is 12.2 Å². The van der Waals surface area contributed by atoms with Crippen LogP contribution in [0.15, 0.2) is 54.6 Å². The van der Waals surface area contributed by atoms with Gasteiger partial charge in [0.05, 0.1) is 11.6 Å². The van der Waals surface area contributed by atoms with Crippen LogP contribution in [0.1, 0.15) is 11.7 Å². The Labute approximate surface area is 188 Å². The summed E-state index contributed by atoms with van der Waals surface area (Å²) >= 11 is 12.2. The Kier molecular flexibility index (Phi) is 9.74. The molecule has 10 heteroatoms. The predicted octanol–water partition coefficient (Wildman–Crippen LogP) is 3.95. The predicted molar refractivity (Wildman–Crippen MR) is 113 cm³/mol. The highest BCUT2D eigenvalue weighted by atomic mass is 35.5. The number of nitrogens with one attached hydrogen (secondary N) is 1. The maximum atomic E-state index is 13.2. The maximum absolute atomic E-state index is 13.2. The van der Waals surface area contributed by atoms with Gasteiger partial charge in [-0.2, -0.15) is 0 Å². The highest BCUT2D eigenvalue weighted by molar-refractivity contribution is 6.32. The van der Waals surface area contributed by atoms with Crippen LogP contribution in [-0.4, -0.2) is 48.0 Å². The van der Waals surface area contributed by atoms with Crippen molar-refractivity contribution in [2.24, 2.45) is 0 Å². The van der Waals surface area contributed by atoms with Crippen molar-refractivity contribution in [1.82, 2.24) is 5.32 Å². The van der Waals surface area contributed by atoms with Crippen molar-refractivity contribution in [3.63, 3.8) is 0 Å². The van der Waals surface area contributed by atoms with Gasteiger partial charge in [0.15, 0.2) is 6.10 Å². The van der Waals surface area contributed by atoms with Gasteiger partial charge in [-0.3, -0.25) is 0 Å². The zero-order chi connectivity index (χ0) is 22.8. The van der Waals surface area contributed by atoms with Gasteiger partial charge >= 0.3 is 11.9 Å². The number of ether oxygens (including phenoxy) is 2. The van der Waals surface area contributed by atoms with Gasteiger partial charge < -0.3 is 25.0 Å². The van der Waals surface area contributed by atoms with Gasteiger partial charge in [-0.1, -0.05) is 35.3 Å². The fourth-order valence-electron chi connectivity index (χ4n) is 2.67. The van der Waals surface area contributed by atoms with Gasteiger partial charge in [0.2, 0.25) is 0 Å². The van der Waals surface area contributed by atoms with E-state index in [9.17, 15) is 14.0 Å². The molecule has 0 saturated carbocycles. The molecule has 1 aliphatic heterocycles. The summed E-state index contributed by atoms with van der Waals surface area (Å²) in [6, 6.07) is 11.5. The average molecular weight is 472 g/mol. The minimum absolute atomic E-state index is 0.191. The van der Waals surface area contributed by atoms with Crippen molar-refractivity contribution in [2.75, 3.05) is 19.7 Å². The van der Waals surface area contributed by atoms with Crippen LogP contribution in [-0.2, 0) is 14.3 Å². The van der Waals surface area contributed by atoms with Gasteiger partial charge in [0.25, 0.3) is 0 Å². The Bertz CT molecular complexity index is 918. The molecule has 2 aromatic rings. The number of carbonyl (C=O) groups is 2. The molecule has 166 valence electrons. The normalized spacial score (nSPS) is 16.8. The molecular weight excluding hydrogens is 452 g/mol. The Morgan fingerprint density at radius 1 is 1.16 bits per heavy atom. The monoisotopic (exact) mass is 471 g/mol. The standard InChI is InChI=1S/C17H16Cl2FNO2.C4H4O4/c18-12-3-1-2-11(8-12)17(16-10-21-6-7-22-16)23-15-5-4-13(20)9-14(15)19;5-3(6)1-2-4(7)8/h1-5,8-9,16-17,21H,6-7,10H2;1-2H,(H,5,6)(H,7,8)/b;2-1+/t16-,17-;/m0./s1. The number of morpholine rings is 1. The largest absolute Gasteiger partial charge is 0.481 e. The van der Waals surface area contributed by atoms with Crippen LogP contribution in [0.4, 0.5) is 4.39 Å². The van der Waals surface area contributed by atoms with Crippen molar-refractivity contribution >= 4 is 35.1 Å². The third kappa shape index (κ3) is 8.55. The molecule has 0 spiro atoms. The van der Waals surface area contributed by atoms with E-state index in [1.54, 1.807) is 6.07 Å². The lowest BCUT2D eigenvalue weighted by Crippen LogP contribution is -2.43. The number of benzene rings is 2. The first kappa shape index (κ1) is 24.6. The zero-order valence-corrected chi connectivity index (χ0v) is 17.6. The molecule has 0 amide bonds. The van der Waals surface area contributed by atoms with E-state index in [0.717, 1.165) is 12.1 Å². The lowest BCUT2D eigenvalue weighted by molar-refractivity contribution is -0.134. The smallest absolute Gasteiger partial charge is 0.328 e. The Morgan fingerprint density at radius 3 is 2.42 bits per heavy atom. The molecule has 0 aromatic heterocycles. The average Bonchev–Trinajstić information content (AvgIpc) is 2.73. The van der Waals surface area contributed by atoms with Crippen LogP contribution < -0.4 is 10.1 Å². The summed E-state index contributed by atoms with van der Waals surface area (Å²) in [6.07, 6.45) is 0.526. The van der Waals surface area contributed by atoms with Crippen LogP contribution in [0.25, 0.3) is 0 Å². The van der Waals surface area contributed by atoms with Crippen molar-refractivity contribution in [3.8, 4) is 5.75 Å². The van der Waals surface area contributed by atoms with Gasteiger partial charge in [-0.25, -0.2) is 14.0 Å². The van der Waals surface area contributed by atoms with Crippen molar-refractivity contribution in [1.29, 1.82) is 0 Å². The molecule has 1 saturated heterocycles. The van der Waals surface area contributed by atoms with Crippen molar-refractivity contribution < 1.29 is 33.7 Å². The molecule has 7 nitrogen and oxygen atoms in total. The molecule has 0 aliphatic carbocycles. The minimum Gasteiger partial charge on any atom is -0.481 e. The molecule has 1 aliphatic rings. The lowest BCUT2D eigenvalue weighted by atomic mass is 10.0. The van der Waals surface area contributed by atoms with Crippen LogP contribution in [0.2, 0.25) is 10.0 Å². The number of hydrogen-bond donors (Lipinski definition) is 3. The number of rotatable bonds is 6. The first-order valence-corrected chi connectivity index (χ1v) is 9.85. The van der Waals surface area contributed by atoms with E-state index < -0.39 is 23.9 Å². The summed E-state index contributed by atoms with van der Waals surface area (Å²) in [4.78, 5) is 19.1. The summed E-state index contributed by atoms with van der Waals surface area (Å²) in [5, 5.41) is 19.7. The quantitative estimate of drug-likeness (QED) is 0.547. The van der Waals surface area contributed by atoms with Gasteiger partial charge in [0.1, 0.15) is 17.7 Å². The first-order chi connectivity index (χ1) is 14.8. The summed E-state index contributed by atoms with van der Waals surface area (Å²) in [5.74, 6) is -2.51.